The summed E-state index contributed by atoms with van der Waals surface area (Å²) in [6, 6.07) is 7.37. The zero-order valence-corrected chi connectivity index (χ0v) is 15.7. The summed E-state index contributed by atoms with van der Waals surface area (Å²) >= 11 is 0. The Kier molecular flexibility index (Phi) is 6.14. The Hall–Kier alpha value is -2.08. The Morgan fingerprint density at radius 1 is 1.27 bits per heavy atom. The van der Waals surface area contributed by atoms with E-state index in [1.807, 2.05) is 24.3 Å². The fourth-order valence-corrected chi connectivity index (χ4v) is 3.87. The highest BCUT2D eigenvalue weighted by atomic mass is 16.5. The maximum Gasteiger partial charge on any atom is 0.227 e. The van der Waals surface area contributed by atoms with Gasteiger partial charge in [-0.2, -0.15) is 0 Å². The number of carbonyl (C=O) groups excluding carboxylic acids is 2. The van der Waals surface area contributed by atoms with Crippen LogP contribution in [0.4, 0.5) is 5.69 Å². The fraction of sp³-hybridized carbons (Fsp3) is 0.600. The maximum absolute atomic E-state index is 12.4. The molecule has 1 aromatic carbocycles. The molecule has 0 aromatic heterocycles. The first-order valence-electron chi connectivity index (χ1n) is 9.51. The second kappa shape index (κ2) is 8.54. The molecular weight excluding hydrogens is 330 g/mol. The van der Waals surface area contributed by atoms with Gasteiger partial charge in [-0.15, -0.1) is 0 Å². The number of amides is 2. The first-order chi connectivity index (χ1) is 12.6. The zero-order valence-electron chi connectivity index (χ0n) is 15.7. The molecule has 0 bridgehead atoms. The second-order valence-corrected chi connectivity index (χ2v) is 7.44. The third-order valence-electron chi connectivity index (χ3n) is 5.35. The van der Waals surface area contributed by atoms with Gasteiger partial charge in [0.15, 0.2) is 0 Å². The molecule has 2 aliphatic heterocycles. The van der Waals surface area contributed by atoms with Crippen molar-refractivity contribution in [2.75, 3.05) is 44.7 Å². The molecule has 3 rings (SSSR count). The highest BCUT2D eigenvalue weighted by molar-refractivity contribution is 6.00. The number of anilines is 1. The van der Waals surface area contributed by atoms with Crippen molar-refractivity contribution in [2.45, 2.75) is 26.2 Å². The number of hydrogen-bond donors (Lipinski definition) is 1. The van der Waals surface area contributed by atoms with Crippen molar-refractivity contribution in [2.24, 2.45) is 11.8 Å². The third kappa shape index (κ3) is 4.55. The quantitative estimate of drug-likeness (QED) is 0.843. The molecule has 0 radical (unpaired) electrons. The van der Waals surface area contributed by atoms with Crippen LogP contribution in [0, 0.1) is 11.8 Å². The monoisotopic (exact) mass is 359 g/mol. The number of benzene rings is 1. The molecule has 2 heterocycles. The summed E-state index contributed by atoms with van der Waals surface area (Å²) < 4.78 is 5.15. The van der Waals surface area contributed by atoms with Crippen molar-refractivity contribution in [3.8, 4) is 5.75 Å². The minimum Gasteiger partial charge on any atom is -0.497 e. The molecule has 2 unspecified atom stereocenters. The first-order valence-corrected chi connectivity index (χ1v) is 9.51. The Balaban J connectivity index is 1.47. The van der Waals surface area contributed by atoms with Gasteiger partial charge in [0.1, 0.15) is 5.75 Å². The number of piperidine rings is 1. The molecule has 0 saturated carbocycles. The van der Waals surface area contributed by atoms with Crippen LogP contribution in [0.1, 0.15) is 26.2 Å². The van der Waals surface area contributed by atoms with E-state index in [4.69, 9.17) is 4.74 Å². The van der Waals surface area contributed by atoms with Crippen LogP contribution in [0.5, 0.6) is 5.75 Å². The average Bonchev–Trinajstić information content (AvgIpc) is 3.04. The van der Waals surface area contributed by atoms with Crippen LogP contribution in [0.25, 0.3) is 0 Å². The van der Waals surface area contributed by atoms with Crippen LogP contribution in [0.15, 0.2) is 24.3 Å². The Bertz CT molecular complexity index is 632. The predicted octanol–water partition coefficient (Wildman–Crippen LogP) is 1.90. The summed E-state index contributed by atoms with van der Waals surface area (Å²) in [6.07, 6.45) is 2.82. The van der Waals surface area contributed by atoms with Crippen molar-refractivity contribution < 1.29 is 14.3 Å². The third-order valence-corrected chi connectivity index (χ3v) is 5.35. The van der Waals surface area contributed by atoms with Crippen LogP contribution in [-0.2, 0) is 9.59 Å². The van der Waals surface area contributed by atoms with E-state index < -0.39 is 0 Å². The lowest BCUT2D eigenvalue weighted by Crippen LogP contribution is -2.41. The number of nitrogens with one attached hydrogen (secondary N) is 1. The standard InChI is InChI=1S/C20H29N3O3/c1-15-4-3-10-22(13-15)11-9-21-20(25)16-12-19(24)23(14-16)17-5-7-18(26-2)8-6-17/h5-8,15-16H,3-4,9-14H2,1-2H3,(H,21,25). The normalized spacial score (nSPS) is 23.9. The van der Waals surface area contributed by atoms with E-state index in [0.29, 0.717) is 13.1 Å². The maximum atomic E-state index is 12.4. The van der Waals surface area contributed by atoms with E-state index in [1.54, 1.807) is 12.0 Å². The fourth-order valence-electron chi connectivity index (χ4n) is 3.87. The van der Waals surface area contributed by atoms with Crippen molar-refractivity contribution in [3.63, 3.8) is 0 Å². The number of nitrogens with zero attached hydrogens (tertiary/aromatic N) is 2. The highest BCUT2D eigenvalue weighted by Gasteiger charge is 2.35. The van der Waals surface area contributed by atoms with E-state index in [9.17, 15) is 9.59 Å². The van der Waals surface area contributed by atoms with E-state index >= 15 is 0 Å². The summed E-state index contributed by atoms with van der Waals surface area (Å²) in [6.45, 7) is 6.49. The lowest BCUT2D eigenvalue weighted by Gasteiger charge is -2.30. The van der Waals surface area contributed by atoms with Crippen LogP contribution < -0.4 is 15.0 Å². The molecule has 2 saturated heterocycles. The number of methoxy groups -OCH3 is 1. The second-order valence-electron chi connectivity index (χ2n) is 7.44. The first kappa shape index (κ1) is 18.7. The lowest BCUT2D eigenvalue weighted by atomic mass is 10.0. The summed E-state index contributed by atoms with van der Waals surface area (Å²) in [4.78, 5) is 28.9. The minimum atomic E-state index is -0.273. The van der Waals surface area contributed by atoms with Gasteiger partial charge < -0.3 is 19.9 Å². The Morgan fingerprint density at radius 3 is 2.73 bits per heavy atom. The SMILES string of the molecule is COc1ccc(N2CC(C(=O)NCCN3CCCC(C)C3)CC2=O)cc1. The van der Waals surface area contributed by atoms with Gasteiger partial charge in [-0.1, -0.05) is 6.92 Å². The topological polar surface area (TPSA) is 61.9 Å². The molecule has 2 fully saturated rings. The highest BCUT2D eigenvalue weighted by Crippen LogP contribution is 2.26. The van der Waals surface area contributed by atoms with Gasteiger partial charge in [0.2, 0.25) is 11.8 Å². The lowest BCUT2D eigenvalue weighted by molar-refractivity contribution is -0.126. The minimum absolute atomic E-state index is 0.000159. The van der Waals surface area contributed by atoms with E-state index in [-0.39, 0.29) is 24.2 Å². The number of rotatable bonds is 6. The molecule has 1 aromatic rings. The molecule has 0 aliphatic carbocycles. The average molecular weight is 359 g/mol. The van der Waals surface area contributed by atoms with E-state index in [1.165, 1.54) is 12.8 Å². The predicted molar refractivity (Wildman–Crippen MR) is 101 cm³/mol. The zero-order chi connectivity index (χ0) is 18.5. The van der Waals surface area contributed by atoms with Crippen molar-refractivity contribution in [3.05, 3.63) is 24.3 Å². The van der Waals surface area contributed by atoms with Gasteiger partial charge >= 0.3 is 0 Å². The summed E-state index contributed by atoms with van der Waals surface area (Å²) in [5.74, 6) is 1.20. The van der Waals surface area contributed by atoms with Gasteiger partial charge in [-0.05, 0) is 49.6 Å². The smallest absolute Gasteiger partial charge is 0.227 e. The summed E-state index contributed by atoms with van der Waals surface area (Å²) in [5, 5.41) is 3.02. The van der Waals surface area contributed by atoms with Crippen LogP contribution in [-0.4, -0.2) is 56.5 Å². The van der Waals surface area contributed by atoms with Gasteiger partial charge in [0.25, 0.3) is 0 Å². The van der Waals surface area contributed by atoms with Gasteiger partial charge in [-0.3, -0.25) is 9.59 Å². The van der Waals surface area contributed by atoms with Crippen molar-refractivity contribution in [1.82, 2.24) is 10.2 Å². The summed E-state index contributed by atoms with van der Waals surface area (Å²) in [7, 11) is 1.61. The number of carbonyl (C=O) groups is 2. The van der Waals surface area contributed by atoms with E-state index in [0.717, 1.165) is 37.0 Å². The molecule has 6 nitrogen and oxygen atoms in total. The van der Waals surface area contributed by atoms with Crippen molar-refractivity contribution >= 4 is 17.5 Å². The molecule has 0 spiro atoms. The summed E-state index contributed by atoms with van der Waals surface area (Å²) in [5.41, 5.74) is 0.813. The Labute approximate surface area is 155 Å². The Morgan fingerprint density at radius 2 is 2.04 bits per heavy atom. The molecule has 2 aliphatic rings. The molecule has 142 valence electrons. The molecule has 2 amide bonds. The molecule has 2 atom stereocenters. The molecule has 1 N–H and O–H groups in total. The molecule has 6 heteroatoms. The number of ether oxygens (including phenoxy) is 1. The van der Waals surface area contributed by atoms with Crippen LogP contribution >= 0.6 is 0 Å². The number of hydrogen-bond acceptors (Lipinski definition) is 4. The largest absolute Gasteiger partial charge is 0.497 e. The van der Waals surface area contributed by atoms with Gasteiger partial charge in [0, 0.05) is 38.3 Å². The van der Waals surface area contributed by atoms with E-state index in [2.05, 4.69) is 17.1 Å². The molecular formula is C20H29N3O3. The van der Waals surface area contributed by atoms with Gasteiger partial charge in [-0.25, -0.2) is 0 Å². The van der Waals surface area contributed by atoms with Crippen molar-refractivity contribution in [1.29, 1.82) is 0 Å². The number of likely N-dealkylation sites (tertiary alicyclic amines) is 1. The van der Waals surface area contributed by atoms with Crippen LogP contribution in [0.3, 0.4) is 0 Å². The van der Waals surface area contributed by atoms with Gasteiger partial charge in [0.05, 0.1) is 13.0 Å². The molecule has 26 heavy (non-hydrogen) atoms. The van der Waals surface area contributed by atoms with Crippen LogP contribution in [0.2, 0.25) is 0 Å².